The van der Waals surface area contributed by atoms with Crippen molar-refractivity contribution in [3.8, 4) is 0 Å². The van der Waals surface area contributed by atoms with Crippen molar-refractivity contribution in [2.24, 2.45) is 0 Å². The second-order valence-electron chi connectivity index (χ2n) is 4.46. The molecule has 80 valence electrons. The van der Waals surface area contributed by atoms with E-state index >= 15 is 0 Å². The van der Waals surface area contributed by atoms with E-state index in [0.717, 1.165) is 13.1 Å². The lowest BCUT2D eigenvalue weighted by Crippen LogP contribution is -2.13. The molecule has 2 aromatic rings. The maximum absolute atomic E-state index is 2.42. The van der Waals surface area contributed by atoms with E-state index in [1.54, 1.807) is 0 Å². The van der Waals surface area contributed by atoms with Crippen molar-refractivity contribution in [1.29, 1.82) is 0 Å². The smallest absolute Gasteiger partial charge is 0.0436 e. The van der Waals surface area contributed by atoms with E-state index in [0.29, 0.717) is 0 Å². The van der Waals surface area contributed by atoms with Gasteiger partial charge in [-0.05, 0) is 30.2 Å². The third-order valence-corrected chi connectivity index (χ3v) is 3.21. The Labute approximate surface area is 96.3 Å². The van der Waals surface area contributed by atoms with E-state index in [9.17, 15) is 0 Å². The highest BCUT2D eigenvalue weighted by molar-refractivity contribution is 5.52. The highest BCUT2D eigenvalue weighted by atomic mass is 15.1. The van der Waals surface area contributed by atoms with Crippen molar-refractivity contribution in [2.75, 3.05) is 4.90 Å². The Morgan fingerprint density at radius 3 is 2.44 bits per heavy atom. The lowest BCUT2D eigenvalue weighted by atomic mass is 10.1. The summed E-state index contributed by atoms with van der Waals surface area (Å²) in [5.74, 6) is 0. The minimum absolute atomic E-state index is 1.04. The van der Waals surface area contributed by atoms with Gasteiger partial charge >= 0.3 is 0 Å². The molecule has 1 heteroatoms. The SMILES string of the molecule is Cc1ccc2c(c1)CN(c1ccccc1)C2. The molecule has 1 heterocycles. The van der Waals surface area contributed by atoms with Crippen molar-refractivity contribution < 1.29 is 0 Å². The summed E-state index contributed by atoms with van der Waals surface area (Å²) in [5, 5.41) is 0. The first-order valence-corrected chi connectivity index (χ1v) is 5.71. The van der Waals surface area contributed by atoms with Crippen molar-refractivity contribution in [2.45, 2.75) is 20.0 Å². The number of para-hydroxylation sites is 1. The van der Waals surface area contributed by atoms with Gasteiger partial charge in [-0.2, -0.15) is 0 Å². The number of rotatable bonds is 1. The highest BCUT2D eigenvalue weighted by Gasteiger charge is 2.18. The van der Waals surface area contributed by atoms with E-state index in [4.69, 9.17) is 0 Å². The van der Waals surface area contributed by atoms with Crippen LogP contribution in [0.4, 0.5) is 5.69 Å². The maximum atomic E-state index is 2.42. The summed E-state index contributed by atoms with van der Waals surface area (Å²) in [7, 11) is 0. The van der Waals surface area contributed by atoms with Gasteiger partial charge in [0.1, 0.15) is 0 Å². The number of aryl methyl sites for hydroxylation is 1. The van der Waals surface area contributed by atoms with Gasteiger partial charge in [-0.3, -0.25) is 0 Å². The molecule has 0 aromatic heterocycles. The molecule has 1 nitrogen and oxygen atoms in total. The molecule has 0 saturated heterocycles. The average molecular weight is 209 g/mol. The lowest BCUT2D eigenvalue weighted by Gasteiger charge is -2.17. The van der Waals surface area contributed by atoms with E-state index in [1.807, 2.05) is 0 Å². The van der Waals surface area contributed by atoms with Crippen LogP contribution in [-0.4, -0.2) is 0 Å². The molecule has 0 saturated carbocycles. The summed E-state index contributed by atoms with van der Waals surface area (Å²) in [6.07, 6.45) is 0. The largest absolute Gasteiger partial charge is 0.363 e. The summed E-state index contributed by atoms with van der Waals surface area (Å²) >= 11 is 0. The van der Waals surface area contributed by atoms with Crippen LogP contribution in [0.3, 0.4) is 0 Å². The minimum atomic E-state index is 1.04. The number of fused-ring (bicyclic) bond motifs is 1. The van der Waals surface area contributed by atoms with Crippen LogP contribution in [0.2, 0.25) is 0 Å². The van der Waals surface area contributed by atoms with Crippen LogP contribution in [0.15, 0.2) is 48.5 Å². The molecule has 0 aliphatic carbocycles. The van der Waals surface area contributed by atoms with Crippen LogP contribution in [0, 0.1) is 6.92 Å². The molecular weight excluding hydrogens is 194 g/mol. The van der Waals surface area contributed by atoms with Crippen LogP contribution in [0.5, 0.6) is 0 Å². The Morgan fingerprint density at radius 1 is 0.875 bits per heavy atom. The predicted octanol–water partition coefficient (Wildman–Crippen LogP) is 3.52. The van der Waals surface area contributed by atoms with Gasteiger partial charge in [-0.25, -0.2) is 0 Å². The van der Waals surface area contributed by atoms with E-state index in [-0.39, 0.29) is 0 Å². The number of hydrogen-bond donors (Lipinski definition) is 0. The molecule has 0 bridgehead atoms. The molecule has 1 aliphatic rings. The molecule has 0 spiro atoms. The third-order valence-electron chi connectivity index (χ3n) is 3.21. The number of benzene rings is 2. The monoisotopic (exact) mass is 209 g/mol. The number of anilines is 1. The molecule has 0 amide bonds. The molecule has 2 aromatic carbocycles. The van der Waals surface area contributed by atoms with Gasteiger partial charge in [-0.1, -0.05) is 42.0 Å². The Morgan fingerprint density at radius 2 is 1.62 bits per heavy atom. The molecule has 0 unspecified atom stereocenters. The fourth-order valence-corrected chi connectivity index (χ4v) is 2.34. The lowest BCUT2D eigenvalue weighted by molar-refractivity contribution is 0.880. The zero-order valence-corrected chi connectivity index (χ0v) is 9.48. The molecule has 3 rings (SSSR count). The van der Waals surface area contributed by atoms with Gasteiger partial charge in [0, 0.05) is 18.8 Å². The van der Waals surface area contributed by atoms with Crippen LogP contribution < -0.4 is 4.90 Å². The standard InChI is InChI=1S/C15H15N/c1-12-7-8-13-10-16(11-14(13)9-12)15-5-3-2-4-6-15/h2-9H,10-11H2,1H3. The van der Waals surface area contributed by atoms with Gasteiger partial charge in [0.2, 0.25) is 0 Å². The topological polar surface area (TPSA) is 3.24 Å². The first-order valence-electron chi connectivity index (χ1n) is 5.71. The second-order valence-corrected chi connectivity index (χ2v) is 4.46. The summed E-state index contributed by atoms with van der Waals surface area (Å²) in [6.45, 7) is 4.24. The second kappa shape index (κ2) is 3.67. The normalized spacial score (nSPS) is 13.9. The zero-order valence-electron chi connectivity index (χ0n) is 9.48. The number of hydrogen-bond acceptors (Lipinski definition) is 1. The van der Waals surface area contributed by atoms with Gasteiger partial charge in [0.25, 0.3) is 0 Å². The number of nitrogens with zero attached hydrogens (tertiary/aromatic N) is 1. The molecule has 0 N–H and O–H groups in total. The van der Waals surface area contributed by atoms with Gasteiger partial charge in [0.15, 0.2) is 0 Å². The molecule has 0 atom stereocenters. The Bertz CT molecular complexity index is 502. The minimum Gasteiger partial charge on any atom is -0.363 e. The Kier molecular flexibility index (Phi) is 2.17. The first-order chi connectivity index (χ1) is 7.83. The molecule has 0 radical (unpaired) electrons. The van der Waals surface area contributed by atoms with E-state index in [1.165, 1.54) is 22.4 Å². The van der Waals surface area contributed by atoms with E-state index < -0.39 is 0 Å². The maximum Gasteiger partial charge on any atom is 0.0436 e. The van der Waals surface area contributed by atoms with Crippen LogP contribution in [0.25, 0.3) is 0 Å². The molecule has 0 fully saturated rings. The third kappa shape index (κ3) is 1.58. The average Bonchev–Trinajstić information content (AvgIpc) is 2.73. The van der Waals surface area contributed by atoms with Gasteiger partial charge in [-0.15, -0.1) is 0 Å². The summed E-state index contributed by atoms with van der Waals surface area (Å²) in [5.41, 5.74) is 5.61. The van der Waals surface area contributed by atoms with Crippen LogP contribution in [0.1, 0.15) is 16.7 Å². The highest BCUT2D eigenvalue weighted by Crippen LogP contribution is 2.28. The quantitative estimate of drug-likeness (QED) is 0.694. The van der Waals surface area contributed by atoms with Crippen molar-refractivity contribution in [3.63, 3.8) is 0 Å². The van der Waals surface area contributed by atoms with Gasteiger partial charge in [0.05, 0.1) is 0 Å². The fraction of sp³-hybridized carbons (Fsp3) is 0.200. The van der Waals surface area contributed by atoms with Crippen LogP contribution in [-0.2, 0) is 13.1 Å². The Hall–Kier alpha value is -1.76. The van der Waals surface area contributed by atoms with Crippen molar-refractivity contribution >= 4 is 5.69 Å². The van der Waals surface area contributed by atoms with Gasteiger partial charge < -0.3 is 4.90 Å². The predicted molar refractivity (Wildman–Crippen MR) is 67.5 cm³/mol. The molecule has 16 heavy (non-hydrogen) atoms. The summed E-state index contributed by atoms with van der Waals surface area (Å²) in [4.78, 5) is 2.42. The Balaban J connectivity index is 1.91. The summed E-state index contributed by atoms with van der Waals surface area (Å²) < 4.78 is 0. The van der Waals surface area contributed by atoms with Crippen molar-refractivity contribution in [1.82, 2.24) is 0 Å². The molecular formula is C15H15N. The van der Waals surface area contributed by atoms with Crippen LogP contribution >= 0.6 is 0 Å². The molecule has 1 aliphatic heterocycles. The van der Waals surface area contributed by atoms with E-state index in [2.05, 4.69) is 60.4 Å². The fourth-order valence-electron chi connectivity index (χ4n) is 2.34. The summed E-state index contributed by atoms with van der Waals surface area (Å²) in [6, 6.07) is 17.4. The first kappa shape index (κ1) is 9.46. The van der Waals surface area contributed by atoms with Crippen molar-refractivity contribution in [3.05, 3.63) is 65.2 Å². The zero-order chi connectivity index (χ0) is 11.0.